The van der Waals surface area contributed by atoms with Crippen LogP contribution in [-0.4, -0.2) is 42.2 Å². The third-order valence-corrected chi connectivity index (χ3v) is 3.79. The molecule has 1 N–H and O–H groups in total. The van der Waals surface area contributed by atoms with Crippen molar-refractivity contribution in [3.63, 3.8) is 0 Å². The number of carboxylic acids is 1. The van der Waals surface area contributed by atoms with Gasteiger partial charge in [-0.2, -0.15) is 0 Å². The number of carbonyl (C=O) groups is 1. The van der Waals surface area contributed by atoms with Crippen LogP contribution in [0.15, 0.2) is 18.2 Å². The standard InChI is InChI=1S/C13H15Cl2NO3/c14-10-2-1-3-11(15)12(10)19-7-6-16-5-4-9(8-16)13(17)18/h1-3,9H,4-8H2,(H,17,18)/t9-/m1/s1. The molecule has 0 spiro atoms. The maximum Gasteiger partial charge on any atom is 0.307 e. The molecule has 1 fully saturated rings. The van der Waals surface area contributed by atoms with Crippen molar-refractivity contribution in [2.75, 3.05) is 26.2 Å². The molecule has 1 atom stereocenters. The Balaban J connectivity index is 1.80. The molecule has 2 rings (SSSR count). The van der Waals surface area contributed by atoms with Gasteiger partial charge in [-0.1, -0.05) is 29.3 Å². The molecular weight excluding hydrogens is 289 g/mol. The number of aliphatic carboxylic acids is 1. The van der Waals surface area contributed by atoms with Gasteiger partial charge in [-0.15, -0.1) is 0 Å². The topological polar surface area (TPSA) is 49.8 Å². The Morgan fingerprint density at radius 3 is 2.68 bits per heavy atom. The summed E-state index contributed by atoms with van der Waals surface area (Å²) in [6.45, 7) is 2.48. The van der Waals surface area contributed by atoms with Crippen LogP contribution in [0.2, 0.25) is 10.0 Å². The number of benzene rings is 1. The highest BCUT2D eigenvalue weighted by molar-refractivity contribution is 6.37. The molecule has 1 aromatic rings. The molecule has 0 aromatic heterocycles. The number of likely N-dealkylation sites (tertiary alicyclic amines) is 1. The van der Waals surface area contributed by atoms with E-state index in [0.717, 1.165) is 6.54 Å². The van der Waals surface area contributed by atoms with Crippen molar-refractivity contribution in [3.8, 4) is 5.75 Å². The second-order valence-electron chi connectivity index (χ2n) is 4.52. The smallest absolute Gasteiger partial charge is 0.307 e. The van der Waals surface area contributed by atoms with Crippen LogP contribution < -0.4 is 4.74 Å². The van der Waals surface area contributed by atoms with E-state index in [-0.39, 0.29) is 5.92 Å². The zero-order valence-corrected chi connectivity index (χ0v) is 11.8. The van der Waals surface area contributed by atoms with Crippen LogP contribution in [0.3, 0.4) is 0 Å². The summed E-state index contributed by atoms with van der Waals surface area (Å²) in [6.07, 6.45) is 0.697. The Morgan fingerprint density at radius 1 is 1.42 bits per heavy atom. The number of carboxylic acid groups (broad SMARTS) is 1. The Labute approximate surface area is 121 Å². The molecule has 1 heterocycles. The lowest BCUT2D eigenvalue weighted by molar-refractivity contribution is -0.141. The van der Waals surface area contributed by atoms with E-state index in [4.69, 9.17) is 33.0 Å². The summed E-state index contributed by atoms with van der Waals surface area (Å²) in [6, 6.07) is 5.20. The SMILES string of the molecule is O=C(O)[C@@H]1CCN(CCOc2c(Cl)cccc2Cl)C1. The average molecular weight is 304 g/mol. The molecular formula is C13H15Cl2NO3. The van der Waals surface area contributed by atoms with Crippen LogP contribution in [0, 0.1) is 5.92 Å². The van der Waals surface area contributed by atoms with Crippen molar-refractivity contribution in [2.24, 2.45) is 5.92 Å². The zero-order chi connectivity index (χ0) is 13.8. The molecule has 0 unspecified atom stereocenters. The van der Waals surface area contributed by atoms with E-state index in [1.807, 2.05) is 0 Å². The van der Waals surface area contributed by atoms with E-state index < -0.39 is 5.97 Å². The number of nitrogens with zero attached hydrogens (tertiary/aromatic N) is 1. The Bertz CT molecular complexity index is 447. The van der Waals surface area contributed by atoms with E-state index in [0.29, 0.717) is 41.9 Å². The summed E-state index contributed by atoms with van der Waals surface area (Å²) in [4.78, 5) is 12.9. The summed E-state index contributed by atoms with van der Waals surface area (Å²) in [5, 5.41) is 9.88. The summed E-state index contributed by atoms with van der Waals surface area (Å²) in [5.74, 6) is -0.499. The fraction of sp³-hybridized carbons (Fsp3) is 0.462. The van der Waals surface area contributed by atoms with Crippen LogP contribution in [0.5, 0.6) is 5.75 Å². The lowest BCUT2D eigenvalue weighted by Crippen LogP contribution is -2.27. The van der Waals surface area contributed by atoms with Gasteiger partial charge in [0, 0.05) is 13.1 Å². The largest absolute Gasteiger partial charge is 0.489 e. The lowest BCUT2D eigenvalue weighted by atomic mass is 10.1. The number of halogens is 2. The van der Waals surface area contributed by atoms with Gasteiger partial charge in [0.2, 0.25) is 0 Å². The van der Waals surface area contributed by atoms with E-state index in [1.165, 1.54) is 0 Å². The molecule has 6 heteroatoms. The predicted octanol–water partition coefficient (Wildman–Crippen LogP) is 2.78. The summed E-state index contributed by atoms with van der Waals surface area (Å²) in [5.41, 5.74) is 0. The van der Waals surface area contributed by atoms with Crippen LogP contribution in [0.4, 0.5) is 0 Å². The van der Waals surface area contributed by atoms with Crippen molar-refractivity contribution in [1.82, 2.24) is 4.90 Å². The summed E-state index contributed by atoms with van der Waals surface area (Å²) >= 11 is 12.0. The van der Waals surface area contributed by atoms with Crippen molar-refractivity contribution in [1.29, 1.82) is 0 Å². The Morgan fingerprint density at radius 2 is 2.11 bits per heavy atom. The van der Waals surface area contributed by atoms with Gasteiger partial charge in [0.25, 0.3) is 0 Å². The summed E-state index contributed by atoms with van der Waals surface area (Å²) in [7, 11) is 0. The Kier molecular flexibility index (Phi) is 4.91. The minimum absolute atomic E-state index is 0.260. The molecule has 0 radical (unpaired) electrons. The van der Waals surface area contributed by atoms with Crippen molar-refractivity contribution >= 4 is 29.2 Å². The minimum Gasteiger partial charge on any atom is -0.489 e. The molecule has 104 valence electrons. The van der Waals surface area contributed by atoms with Gasteiger partial charge in [0.05, 0.1) is 16.0 Å². The highest BCUT2D eigenvalue weighted by Gasteiger charge is 2.27. The molecule has 1 aliphatic rings. The zero-order valence-electron chi connectivity index (χ0n) is 10.3. The van der Waals surface area contributed by atoms with Gasteiger partial charge in [0.15, 0.2) is 5.75 Å². The highest BCUT2D eigenvalue weighted by Crippen LogP contribution is 2.32. The van der Waals surface area contributed by atoms with Crippen LogP contribution in [0.1, 0.15) is 6.42 Å². The number of hydrogen-bond donors (Lipinski definition) is 1. The van der Waals surface area contributed by atoms with Crippen LogP contribution >= 0.6 is 23.2 Å². The summed E-state index contributed by atoms with van der Waals surface area (Å²) < 4.78 is 5.57. The monoisotopic (exact) mass is 303 g/mol. The second-order valence-corrected chi connectivity index (χ2v) is 5.34. The molecule has 0 amide bonds. The van der Waals surface area contributed by atoms with E-state index >= 15 is 0 Å². The first-order valence-corrected chi connectivity index (χ1v) is 6.85. The van der Waals surface area contributed by atoms with E-state index in [9.17, 15) is 4.79 Å². The average Bonchev–Trinajstić information content (AvgIpc) is 2.82. The fourth-order valence-corrected chi connectivity index (χ4v) is 2.64. The quantitative estimate of drug-likeness (QED) is 0.909. The molecule has 1 aliphatic heterocycles. The fourth-order valence-electron chi connectivity index (χ4n) is 2.13. The molecule has 1 saturated heterocycles. The van der Waals surface area contributed by atoms with Gasteiger partial charge in [-0.05, 0) is 25.1 Å². The molecule has 0 aliphatic carbocycles. The lowest BCUT2D eigenvalue weighted by Gasteiger charge is -2.16. The predicted molar refractivity (Wildman–Crippen MR) is 74.1 cm³/mol. The first kappa shape index (κ1) is 14.4. The first-order valence-electron chi connectivity index (χ1n) is 6.10. The van der Waals surface area contributed by atoms with E-state index in [2.05, 4.69) is 4.90 Å². The number of rotatable bonds is 5. The van der Waals surface area contributed by atoms with Crippen molar-refractivity contribution in [3.05, 3.63) is 28.2 Å². The molecule has 0 saturated carbocycles. The molecule has 19 heavy (non-hydrogen) atoms. The third kappa shape index (κ3) is 3.75. The van der Waals surface area contributed by atoms with Crippen LogP contribution in [-0.2, 0) is 4.79 Å². The highest BCUT2D eigenvalue weighted by atomic mass is 35.5. The minimum atomic E-state index is -0.724. The number of ether oxygens (including phenoxy) is 1. The third-order valence-electron chi connectivity index (χ3n) is 3.19. The molecule has 4 nitrogen and oxygen atoms in total. The van der Waals surface area contributed by atoms with Gasteiger partial charge in [0.1, 0.15) is 6.61 Å². The number of para-hydroxylation sites is 1. The maximum atomic E-state index is 10.8. The molecule has 1 aromatic carbocycles. The van der Waals surface area contributed by atoms with Gasteiger partial charge in [-0.25, -0.2) is 0 Å². The Hall–Kier alpha value is -0.970. The van der Waals surface area contributed by atoms with Gasteiger partial charge in [-0.3, -0.25) is 9.69 Å². The first-order chi connectivity index (χ1) is 9.08. The van der Waals surface area contributed by atoms with Gasteiger partial charge >= 0.3 is 5.97 Å². The normalized spacial score (nSPS) is 19.6. The second kappa shape index (κ2) is 6.46. The van der Waals surface area contributed by atoms with Crippen molar-refractivity contribution < 1.29 is 14.6 Å². The van der Waals surface area contributed by atoms with Crippen LogP contribution in [0.25, 0.3) is 0 Å². The van der Waals surface area contributed by atoms with Gasteiger partial charge < -0.3 is 9.84 Å². The number of hydrogen-bond acceptors (Lipinski definition) is 3. The molecule has 0 bridgehead atoms. The van der Waals surface area contributed by atoms with E-state index in [1.54, 1.807) is 18.2 Å². The maximum absolute atomic E-state index is 10.8. The van der Waals surface area contributed by atoms with Crippen molar-refractivity contribution in [2.45, 2.75) is 6.42 Å².